The topological polar surface area (TPSA) is 128 Å². The molecule has 0 bridgehead atoms. The van der Waals surface area contributed by atoms with E-state index in [1.165, 1.54) is 37.1 Å². The van der Waals surface area contributed by atoms with Crippen LogP contribution in [-0.4, -0.2) is 35.8 Å². The van der Waals surface area contributed by atoms with Gasteiger partial charge in [0, 0.05) is 0 Å². The van der Waals surface area contributed by atoms with Crippen LogP contribution in [-0.2, 0) is 0 Å². The number of unbranched alkanes of at least 4 members (excludes halogenated alkanes) is 2. The first kappa shape index (κ1) is 31.5. The van der Waals surface area contributed by atoms with Crippen LogP contribution in [0.3, 0.4) is 0 Å². The Balaban J connectivity index is -0.000000336. The molecule has 0 amide bonds. The Labute approximate surface area is 191 Å². The van der Waals surface area contributed by atoms with Crippen LogP contribution in [0.2, 0.25) is 0 Å². The summed E-state index contributed by atoms with van der Waals surface area (Å²) < 4.78 is 0. The number of carboxylic acid groups (broad SMARTS) is 2. The maximum Gasteiger partial charge on any atom is 4.00 e. The van der Waals surface area contributed by atoms with Crippen LogP contribution < -0.4 is 10.2 Å². The summed E-state index contributed by atoms with van der Waals surface area (Å²) >= 11 is 0. The fraction of sp³-hybridized carbons (Fsp3) is 0.273. The average molecular weight is 503 g/mol. The zero-order valence-electron chi connectivity index (χ0n) is 17.0. The van der Waals surface area contributed by atoms with Gasteiger partial charge in [0.2, 0.25) is 0 Å². The van der Waals surface area contributed by atoms with E-state index in [9.17, 15) is 19.8 Å². The van der Waals surface area contributed by atoms with Gasteiger partial charge in [-0.2, -0.15) is 12.8 Å². The van der Waals surface area contributed by atoms with E-state index in [0.29, 0.717) is 0 Å². The van der Waals surface area contributed by atoms with Crippen LogP contribution >= 0.6 is 0 Å². The fourth-order valence-electron chi connectivity index (χ4n) is 1.32. The van der Waals surface area contributed by atoms with E-state index in [-0.39, 0.29) is 46.4 Å². The number of rotatable bonds is 4. The van der Waals surface area contributed by atoms with E-state index in [4.69, 9.17) is 11.5 Å². The van der Waals surface area contributed by atoms with E-state index < -0.39 is 11.9 Å². The first-order valence-corrected chi connectivity index (χ1v) is 8.89. The zero-order valence-corrected chi connectivity index (χ0v) is 19.8. The predicted molar refractivity (Wildman–Crippen MR) is 116 cm³/mol. The minimum absolute atomic E-state index is 0. The molecule has 0 fully saturated rings. The van der Waals surface area contributed by atoms with Gasteiger partial charge in [0.15, 0.2) is 0 Å². The molecular formula is C22H28N2O4Sn-2. The van der Waals surface area contributed by atoms with Crippen molar-refractivity contribution in [2.75, 3.05) is 0 Å². The van der Waals surface area contributed by atoms with Crippen molar-refractivity contribution in [3.8, 4) is 0 Å². The Bertz CT molecular complexity index is 631. The van der Waals surface area contributed by atoms with Gasteiger partial charge >= 0.3 is 23.9 Å². The molecule has 0 unspecified atom stereocenters. The van der Waals surface area contributed by atoms with E-state index in [0.717, 1.165) is 12.8 Å². The van der Waals surface area contributed by atoms with Crippen molar-refractivity contribution in [3.05, 3.63) is 85.0 Å². The second-order valence-electron chi connectivity index (χ2n) is 5.37. The van der Waals surface area contributed by atoms with Gasteiger partial charge in [0.1, 0.15) is 0 Å². The maximum absolute atomic E-state index is 10.2. The summed E-state index contributed by atoms with van der Waals surface area (Å²) in [6, 6.07) is 11.8. The van der Waals surface area contributed by atoms with Gasteiger partial charge < -0.3 is 45.1 Å². The van der Waals surface area contributed by atoms with Crippen molar-refractivity contribution < 1.29 is 19.8 Å². The van der Waals surface area contributed by atoms with Gasteiger partial charge in [0.25, 0.3) is 0 Å². The second kappa shape index (κ2) is 20.5. The maximum atomic E-state index is 10.2. The molecule has 0 saturated heterocycles. The monoisotopic (exact) mass is 504 g/mol. The number of carboxylic acids is 2. The molecule has 0 aliphatic heterocycles. The van der Waals surface area contributed by atoms with Crippen molar-refractivity contribution >= 4 is 47.2 Å². The number of benzene rings is 2. The van der Waals surface area contributed by atoms with Crippen LogP contribution in [0.1, 0.15) is 60.2 Å². The summed E-state index contributed by atoms with van der Waals surface area (Å²) in [5, 5.41) is 20.4. The molecule has 0 saturated carbocycles. The van der Waals surface area contributed by atoms with Gasteiger partial charge in [-0.25, -0.2) is 0 Å². The third-order valence-corrected chi connectivity index (χ3v) is 3.00. The Morgan fingerprint density at radius 1 is 0.759 bits per heavy atom. The number of carbonyl (C=O) groups is 2. The van der Waals surface area contributed by atoms with Gasteiger partial charge in [-0.3, -0.25) is 0 Å². The third-order valence-electron chi connectivity index (χ3n) is 3.00. The SMILES string of the molecule is [CH2-]CCC.[CH2-]CCC.[NH-]c1ccccc1C(=O)[O-].[NH-]c1ccccc1C(=O)[O-].[Sn+4]. The second-order valence-corrected chi connectivity index (χ2v) is 5.37. The molecule has 156 valence electrons. The van der Waals surface area contributed by atoms with Crippen LogP contribution in [0, 0.1) is 13.8 Å². The fourth-order valence-corrected chi connectivity index (χ4v) is 1.32. The molecule has 0 radical (unpaired) electrons. The number of aromatic carboxylic acids is 2. The number of hydrogen-bond donors (Lipinski definition) is 0. The van der Waals surface area contributed by atoms with E-state index in [1.807, 2.05) is 0 Å². The molecule has 6 nitrogen and oxygen atoms in total. The number of hydrogen-bond acceptors (Lipinski definition) is 4. The van der Waals surface area contributed by atoms with Crippen molar-refractivity contribution in [1.82, 2.24) is 0 Å². The normalized spacial score (nSPS) is 8.41. The Morgan fingerprint density at radius 2 is 1.00 bits per heavy atom. The molecule has 0 heterocycles. The largest absolute Gasteiger partial charge is 4.00 e. The molecule has 2 rings (SSSR count). The molecule has 0 atom stereocenters. The predicted octanol–water partition coefficient (Wildman–Crippen LogP) is 4.33. The Morgan fingerprint density at radius 3 is 1.14 bits per heavy atom. The van der Waals surface area contributed by atoms with Crippen molar-refractivity contribution in [1.29, 1.82) is 0 Å². The first-order chi connectivity index (χ1) is 13.3. The smallest absolute Gasteiger partial charge is 0.698 e. The van der Waals surface area contributed by atoms with Gasteiger partial charge in [-0.1, -0.05) is 75.2 Å². The van der Waals surface area contributed by atoms with Crippen LogP contribution in [0.4, 0.5) is 11.4 Å². The quantitative estimate of drug-likeness (QED) is 0.455. The summed E-state index contributed by atoms with van der Waals surface area (Å²) in [5.41, 5.74) is 14.0. The molecule has 29 heavy (non-hydrogen) atoms. The average Bonchev–Trinajstić information content (AvgIpc) is 2.69. The third kappa shape index (κ3) is 16.4. The van der Waals surface area contributed by atoms with Gasteiger partial charge in [-0.15, -0.1) is 11.4 Å². The number of nitrogens with one attached hydrogen (secondary N) is 2. The van der Waals surface area contributed by atoms with Crippen molar-refractivity contribution in [2.45, 2.75) is 39.5 Å². The summed E-state index contributed by atoms with van der Waals surface area (Å²) in [4.78, 5) is 20.4. The molecular weight excluding hydrogens is 475 g/mol. The molecule has 2 N–H and O–H groups in total. The first-order valence-electron chi connectivity index (χ1n) is 8.89. The van der Waals surface area contributed by atoms with E-state index >= 15 is 0 Å². The van der Waals surface area contributed by atoms with E-state index in [2.05, 4.69) is 27.7 Å². The molecule has 0 spiro atoms. The molecule has 0 aliphatic rings. The molecule has 7 heteroatoms. The Kier molecular flexibility index (Phi) is 22.3. The minimum atomic E-state index is -1.30. The number of carbonyl (C=O) groups excluding carboxylic acids is 2. The minimum Gasteiger partial charge on any atom is -0.698 e. The molecule has 0 aromatic heterocycles. The molecule has 2 aromatic carbocycles. The molecule has 0 aliphatic carbocycles. The summed E-state index contributed by atoms with van der Waals surface area (Å²) in [5.74, 6) is -2.60. The van der Waals surface area contributed by atoms with Crippen LogP contribution in [0.25, 0.3) is 11.5 Å². The van der Waals surface area contributed by atoms with Gasteiger partial charge in [0.05, 0.1) is 11.9 Å². The molecule has 2 aromatic rings. The van der Waals surface area contributed by atoms with Crippen molar-refractivity contribution in [3.63, 3.8) is 0 Å². The summed E-state index contributed by atoms with van der Waals surface area (Å²) in [6.45, 7) is 11.4. The van der Waals surface area contributed by atoms with Crippen molar-refractivity contribution in [2.24, 2.45) is 0 Å². The van der Waals surface area contributed by atoms with E-state index in [1.54, 1.807) is 24.3 Å². The summed E-state index contributed by atoms with van der Waals surface area (Å²) in [7, 11) is 0. The standard InChI is InChI=1S/2C7H6NO2.2C4H9.Sn/c2*8-6-4-2-1-3-5(6)7(9)10;2*1-3-4-2;/h2*1-4,8H,(H,9,10);2*1,3-4H2,2H3;/q4*-1;+4/p-2. The van der Waals surface area contributed by atoms with Crippen LogP contribution in [0.5, 0.6) is 0 Å². The summed E-state index contributed by atoms with van der Waals surface area (Å²) in [6.07, 6.45) is 4.56. The zero-order chi connectivity index (χ0) is 21.9. The Hall–Kier alpha value is -2.22. The van der Waals surface area contributed by atoms with Crippen LogP contribution in [0.15, 0.2) is 48.5 Å². The van der Waals surface area contributed by atoms with Gasteiger partial charge in [-0.05, 0) is 11.1 Å².